The summed E-state index contributed by atoms with van der Waals surface area (Å²) < 4.78 is 0. The standard InChI is InChI=1S/C16H16N4/c1-20(11-12-3-2-7-18-10-12)16-6-8-19-15-9-13(17)4-5-14(15)16/h2-10H,11,17H2,1H3. The lowest BCUT2D eigenvalue weighted by Crippen LogP contribution is -2.16. The maximum Gasteiger partial charge on any atom is 0.0743 e. The Morgan fingerprint density at radius 3 is 2.85 bits per heavy atom. The van der Waals surface area contributed by atoms with Gasteiger partial charge in [-0.25, -0.2) is 0 Å². The van der Waals surface area contributed by atoms with Crippen molar-refractivity contribution in [2.45, 2.75) is 6.54 Å². The molecule has 0 fully saturated rings. The van der Waals surface area contributed by atoms with Crippen molar-refractivity contribution in [1.82, 2.24) is 9.97 Å². The van der Waals surface area contributed by atoms with Gasteiger partial charge in [0, 0.05) is 48.9 Å². The van der Waals surface area contributed by atoms with Gasteiger partial charge in [-0.2, -0.15) is 0 Å². The summed E-state index contributed by atoms with van der Waals surface area (Å²) in [7, 11) is 2.07. The van der Waals surface area contributed by atoms with Crippen LogP contribution in [0.1, 0.15) is 5.56 Å². The van der Waals surface area contributed by atoms with Gasteiger partial charge in [0.25, 0.3) is 0 Å². The summed E-state index contributed by atoms with van der Waals surface area (Å²) in [6.07, 6.45) is 5.49. The van der Waals surface area contributed by atoms with Crippen LogP contribution in [0.2, 0.25) is 0 Å². The largest absolute Gasteiger partial charge is 0.399 e. The molecule has 100 valence electrons. The van der Waals surface area contributed by atoms with Gasteiger partial charge in [0.15, 0.2) is 0 Å². The highest BCUT2D eigenvalue weighted by molar-refractivity contribution is 5.93. The predicted octanol–water partition coefficient (Wildman–Crippen LogP) is 2.85. The number of nitrogens with two attached hydrogens (primary N) is 1. The Morgan fingerprint density at radius 1 is 1.15 bits per heavy atom. The van der Waals surface area contributed by atoms with Crippen LogP contribution in [0.3, 0.4) is 0 Å². The van der Waals surface area contributed by atoms with Crippen LogP contribution in [0, 0.1) is 0 Å². The van der Waals surface area contributed by atoms with Crippen molar-refractivity contribution in [3.8, 4) is 0 Å². The third-order valence-corrected chi connectivity index (χ3v) is 3.30. The molecule has 0 bridgehead atoms. The van der Waals surface area contributed by atoms with Gasteiger partial charge in [-0.3, -0.25) is 9.97 Å². The molecule has 1 aromatic carbocycles. The van der Waals surface area contributed by atoms with Crippen LogP contribution in [0.5, 0.6) is 0 Å². The van der Waals surface area contributed by atoms with Crippen LogP contribution in [-0.4, -0.2) is 17.0 Å². The zero-order chi connectivity index (χ0) is 13.9. The van der Waals surface area contributed by atoms with Crippen LogP contribution in [0.25, 0.3) is 10.9 Å². The molecule has 0 amide bonds. The average molecular weight is 264 g/mol. The number of rotatable bonds is 3. The van der Waals surface area contributed by atoms with Crippen molar-refractivity contribution in [2.75, 3.05) is 17.7 Å². The van der Waals surface area contributed by atoms with Crippen molar-refractivity contribution in [2.24, 2.45) is 0 Å². The third kappa shape index (κ3) is 2.40. The number of hydrogen-bond donors (Lipinski definition) is 1. The molecular weight excluding hydrogens is 248 g/mol. The summed E-state index contributed by atoms with van der Waals surface area (Å²) in [6, 6.07) is 11.9. The second kappa shape index (κ2) is 5.17. The average Bonchev–Trinajstić information content (AvgIpc) is 2.47. The predicted molar refractivity (Wildman–Crippen MR) is 82.5 cm³/mol. The number of nitrogens with zero attached hydrogens (tertiary/aromatic N) is 3. The van der Waals surface area contributed by atoms with Crippen molar-refractivity contribution in [3.63, 3.8) is 0 Å². The molecule has 0 radical (unpaired) electrons. The lowest BCUT2D eigenvalue weighted by Gasteiger charge is -2.21. The van der Waals surface area contributed by atoms with Crippen LogP contribution >= 0.6 is 0 Å². The number of anilines is 2. The van der Waals surface area contributed by atoms with Gasteiger partial charge in [0.05, 0.1) is 5.52 Å². The van der Waals surface area contributed by atoms with E-state index in [4.69, 9.17) is 5.73 Å². The minimum atomic E-state index is 0.733. The van der Waals surface area contributed by atoms with Gasteiger partial charge >= 0.3 is 0 Å². The summed E-state index contributed by atoms with van der Waals surface area (Å²) in [5.74, 6) is 0. The zero-order valence-corrected chi connectivity index (χ0v) is 11.3. The summed E-state index contributed by atoms with van der Waals surface area (Å²) in [5, 5.41) is 1.10. The van der Waals surface area contributed by atoms with Crippen LogP contribution in [0.4, 0.5) is 11.4 Å². The number of benzene rings is 1. The zero-order valence-electron chi connectivity index (χ0n) is 11.3. The first-order chi connectivity index (χ1) is 9.74. The van der Waals surface area contributed by atoms with Crippen molar-refractivity contribution < 1.29 is 0 Å². The van der Waals surface area contributed by atoms with Crippen LogP contribution < -0.4 is 10.6 Å². The SMILES string of the molecule is CN(Cc1cccnc1)c1ccnc2cc(N)ccc12. The minimum absolute atomic E-state index is 0.733. The summed E-state index contributed by atoms with van der Waals surface area (Å²) in [5.41, 5.74) is 9.78. The van der Waals surface area contributed by atoms with E-state index in [1.54, 1.807) is 6.20 Å². The van der Waals surface area contributed by atoms with Crippen LogP contribution in [-0.2, 0) is 6.54 Å². The minimum Gasteiger partial charge on any atom is -0.399 e. The maximum atomic E-state index is 5.81. The van der Waals surface area contributed by atoms with E-state index in [1.165, 1.54) is 5.56 Å². The maximum absolute atomic E-state index is 5.81. The molecule has 0 saturated carbocycles. The summed E-state index contributed by atoms with van der Waals surface area (Å²) in [6.45, 7) is 0.803. The third-order valence-electron chi connectivity index (χ3n) is 3.30. The number of pyridine rings is 2. The molecule has 0 spiro atoms. The fourth-order valence-corrected chi connectivity index (χ4v) is 2.33. The Morgan fingerprint density at radius 2 is 2.05 bits per heavy atom. The first-order valence-corrected chi connectivity index (χ1v) is 6.48. The van der Waals surface area contributed by atoms with E-state index in [1.807, 2.05) is 42.7 Å². The quantitative estimate of drug-likeness (QED) is 0.739. The highest BCUT2D eigenvalue weighted by Crippen LogP contribution is 2.26. The van der Waals surface area contributed by atoms with Gasteiger partial charge in [-0.05, 0) is 35.9 Å². The number of nitrogen functional groups attached to an aromatic ring is 1. The van der Waals surface area contributed by atoms with Gasteiger partial charge in [-0.15, -0.1) is 0 Å². The molecular formula is C16H16N4. The van der Waals surface area contributed by atoms with Crippen molar-refractivity contribution >= 4 is 22.3 Å². The summed E-state index contributed by atoms with van der Waals surface area (Å²) in [4.78, 5) is 10.7. The van der Waals surface area contributed by atoms with E-state index in [0.717, 1.165) is 28.8 Å². The smallest absolute Gasteiger partial charge is 0.0743 e. The highest BCUT2D eigenvalue weighted by atomic mass is 15.1. The van der Waals surface area contributed by atoms with E-state index in [-0.39, 0.29) is 0 Å². The molecule has 4 heteroatoms. The molecule has 2 N–H and O–H groups in total. The molecule has 0 aliphatic carbocycles. The molecule has 3 rings (SSSR count). The lowest BCUT2D eigenvalue weighted by molar-refractivity contribution is 0.919. The fourth-order valence-electron chi connectivity index (χ4n) is 2.33. The molecule has 0 unspecified atom stereocenters. The Kier molecular flexibility index (Phi) is 3.21. The van der Waals surface area contributed by atoms with E-state index in [0.29, 0.717) is 0 Å². The van der Waals surface area contributed by atoms with Gasteiger partial charge < -0.3 is 10.6 Å². The van der Waals surface area contributed by atoms with Gasteiger partial charge in [0.2, 0.25) is 0 Å². The molecule has 0 aliphatic heterocycles. The molecule has 2 aromatic heterocycles. The first kappa shape index (κ1) is 12.4. The second-order valence-corrected chi connectivity index (χ2v) is 4.82. The molecule has 0 atom stereocenters. The Hall–Kier alpha value is -2.62. The van der Waals surface area contributed by atoms with Crippen molar-refractivity contribution in [1.29, 1.82) is 0 Å². The monoisotopic (exact) mass is 264 g/mol. The van der Waals surface area contributed by atoms with E-state index < -0.39 is 0 Å². The second-order valence-electron chi connectivity index (χ2n) is 4.82. The van der Waals surface area contributed by atoms with Gasteiger partial charge in [0.1, 0.15) is 0 Å². The van der Waals surface area contributed by atoms with E-state index in [9.17, 15) is 0 Å². The Labute approximate surface area is 117 Å². The van der Waals surface area contributed by atoms with Crippen LogP contribution in [0.15, 0.2) is 55.0 Å². The van der Waals surface area contributed by atoms with E-state index in [2.05, 4.69) is 28.0 Å². The molecule has 0 aliphatic rings. The molecule has 0 saturated heterocycles. The fraction of sp³-hybridized carbons (Fsp3) is 0.125. The number of aromatic nitrogens is 2. The molecule has 2 heterocycles. The highest BCUT2D eigenvalue weighted by Gasteiger charge is 2.07. The Bertz CT molecular complexity index is 725. The Balaban J connectivity index is 1.97. The lowest BCUT2D eigenvalue weighted by atomic mass is 10.1. The van der Waals surface area contributed by atoms with Crippen molar-refractivity contribution in [3.05, 3.63) is 60.6 Å². The molecule has 3 aromatic rings. The topological polar surface area (TPSA) is 55.0 Å². The van der Waals surface area contributed by atoms with Gasteiger partial charge in [-0.1, -0.05) is 6.07 Å². The molecule has 20 heavy (non-hydrogen) atoms. The van der Waals surface area contributed by atoms with E-state index >= 15 is 0 Å². The summed E-state index contributed by atoms with van der Waals surface area (Å²) >= 11 is 0. The normalized spacial score (nSPS) is 10.7. The first-order valence-electron chi connectivity index (χ1n) is 6.48. The number of fused-ring (bicyclic) bond motifs is 1. The molecule has 4 nitrogen and oxygen atoms in total. The number of hydrogen-bond acceptors (Lipinski definition) is 4.